The Morgan fingerprint density at radius 3 is 2.86 bits per heavy atom. The van der Waals surface area contributed by atoms with Crippen molar-refractivity contribution in [3.8, 4) is 11.5 Å². The normalized spacial score (nSPS) is 12.5. The Kier molecular flexibility index (Phi) is 4.34. The zero-order valence-corrected chi connectivity index (χ0v) is 12.0. The highest BCUT2D eigenvalue weighted by Crippen LogP contribution is 2.32. The number of nitrogens with zero attached hydrogens (tertiary/aromatic N) is 1. The van der Waals surface area contributed by atoms with E-state index in [1.54, 1.807) is 18.5 Å². The summed E-state index contributed by atoms with van der Waals surface area (Å²) in [6, 6.07) is 9.50. The van der Waals surface area contributed by atoms with Crippen molar-refractivity contribution in [2.24, 2.45) is 0 Å². The summed E-state index contributed by atoms with van der Waals surface area (Å²) in [4.78, 5) is 15.7. The van der Waals surface area contributed by atoms with E-state index < -0.39 is 0 Å². The van der Waals surface area contributed by atoms with Gasteiger partial charge in [0.25, 0.3) is 0 Å². The Morgan fingerprint density at radius 1 is 1.18 bits per heavy atom. The van der Waals surface area contributed by atoms with Crippen molar-refractivity contribution >= 4 is 12.0 Å². The highest BCUT2D eigenvalue weighted by molar-refractivity contribution is 5.91. The monoisotopic (exact) mass is 296 g/mol. The number of nitrogens with one attached hydrogen (secondary N) is 1. The molecule has 0 atom stereocenters. The van der Waals surface area contributed by atoms with Crippen molar-refractivity contribution in [2.45, 2.75) is 6.42 Å². The van der Waals surface area contributed by atoms with Crippen LogP contribution in [0.1, 0.15) is 11.1 Å². The van der Waals surface area contributed by atoms with Gasteiger partial charge in [-0.25, -0.2) is 0 Å². The minimum absolute atomic E-state index is 0.113. The fourth-order valence-electron chi connectivity index (χ4n) is 2.13. The summed E-state index contributed by atoms with van der Waals surface area (Å²) in [7, 11) is 0. The molecule has 1 aromatic heterocycles. The lowest BCUT2D eigenvalue weighted by atomic mass is 10.1. The molecule has 0 saturated carbocycles. The number of amides is 1. The third-order valence-corrected chi connectivity index (χ3v) is 3.28. The van der Waals surface area contributed by atoms with Crippen LogP contribution in [0.5, 0.6) is 11.5 Å². The van der Waals surface area contributed by atoms with E-state index >= 15 is 0 Å². The molecule has 1 aliphatic heterocycles. The van der Waals surface area contributed by atoms with Gasteiger partial charge < -0.3 is 14.8 Å². The average Bonchev–Trinajstić information content (AvgIpc) is 3.02. The van der Waals surface area contributed by atoms with Gasteiger partial charge in [0.15, 0.2) is 11.5 Å². The predicted molar refractivity (Wildman–Crippen MR) is 82.5 cm³/mol. The lowest BCUT2D eigenvalue weighted by Gasteiger charge is -2.04. The molecule has 1 amide bonds. The van der Waals surface area contributed by atoms with Gasteiger partial charge >= 0.3 is 0 Å². The predicted octanol–water partition coefficient (Wildman–Crippen LogP) is 2.18. The van der Waals surface area contributed by atoms with Gasteiger partial charge in [-0.05, 0) is 47.9 Å². The number of carbonyl (C=O) groups is 1. The van der Waals surface area contributed by atoms with Crippen LogP contribution in [0, 0.1) is 0 Å². The van der Waals surface area contributed by atoms with Crippen LogP contribution in [0.2, 0.25) is 0 Å². The number of aromatic nitrogens is 1. The van der Waals surface area contributed by atoms with Gasteiger partial charge in [-0.2, -0.15) is 0 Å². The fraction of sp³-hybridized carbons (Fsp3) is 0.176. The van der Waals surface area contributed by atoms with Gasteiger partial charge in [-0.15, -0.1) is 0 Å². The molecule has 0 spiro atoms. The zero-order valence-electron chi connectivity index (χ0n) is 12.0. The lowest BCUT2D eigenvalue weighted by Crippen LogP contribution is -2.23. The van der Waals surface area contributed by atoms with E-state index in [0.717, 1.165) is 29.0 Å². The number of ether oxygens (including phenoxy) is 2. The highest BCUT2D eigenvalue weighted by atomic mass is 16.7. The standard InChI is InChI=1S/C17H16N2O3/c20-17(4-2-13-5-8-18-9-6-13)19-10-7-14-1-3-15-16(11-14)22-12-21-15/h1-6,8-9,11H,7,10,12H2,(H,19,20)/b4-2+. The first kappa shape index (κ1) is 14.1. The summed E-state index contributed by atoms with van der Waals surface area (Å²) in [5.41, 5.74) is 2.04. The second-order valence-corrected chi connectivity index (χ2v) is 4.84. The maximum Gasteiger partial charge on any atom is 0.244 e. The summed E-state index contributed by atoms with van der Waals surface area (Å²) >= 11 is 0. The molecule has 3 rings (SSSR count). The smallest absolute Gasteiger partial charge is 0.244 e. The maximum absolute atomic E-state index is 11.7. The molecule has 22 heavy (non-hydrogen) atoms. The van der Waals surface area contributed by atoms with Gasteiger partial charge in [0.2, 0.25) is 12.7 Å². The van der Waals surface area contributed by atoms with Crippen molar-refractivity contribution in [1.29, 1.82) is 0 Å². The topological polar surface area (TPSA) is 60.5 Å². The highest BCUT2D eigenvalue weighted by Gasteiger charge is 2.12. The minimum Gasteiger partial charge on any atom is -0.454 e. The van der Waals surface area contributed by atoms with Crippen LogP contribution in [0.4, 0.5) is 0 Å². The number of carbonyl (C=O) groups excluding carboxylic acids is 1. The van der Waals surface area contributed by atoms with Crippen LogP contribution in [0.3, 0.4) is 0 Å². The zero-order chi connectivity index (χ0) is 15.2. The van der Waals surface area contributed by atoms with E-state index in [0.29, 0.717) is 6.54 Å². The van der Waals surface area contributed by atoms with Crippen LogP contribution >= 0.6 is 0 Å². The SMILES string of the molecule is O=C(/C=C/c1ccncc1)NCCc1ccc2c(c1)OCO2. The van der Waals surface area contributed by atoms with Gasteiger partial charge in [-0.3, -0.25) is 9.78 Å². The first-order valence-electron chi connectivity index (χ1n) is 7.06. The molecule has 5 nitrogen and oxygen atoms in total. The van der Waals surface area contributed by atoms with Crippen LogP contribution in [-0.4, -0.2) is 24.2 Å². The third kappa shape index (κ3) is 3.63. The molecule has 0 radical (unpaired) electrons. The molecule has 1 aliphatic rings. The van der Waals surface area contributed by atoms with Gasteiger partial charge in [0.05, 0.1) is 0 Å². The lowest BCUT2D eigenvalue weighted by molar-refractivity contribution is -0.116. The average molecular weight is 296 g/mol. The molecule has 0 saturated heterocycles. The summed E-state index contributed by atoms with van der Waals surface area (Å²) in [5.74, 6) is 1.42. The van der Waals surface area contributed by atoms with Crippen molar-refractivity contribution in [2.75, 3.05) is 13.3 Å². The molecule has 0 aliphatic carbocycles. The Bertz CT molecular complexity index is 684. The first-order chi connectivity index (χ1) is 10.8. The second-order valence-electron chi connectivity index (χ2n) is 4.84. The van der Waals surface area contributed by atoms with Crippen molar-refractivity contribution in [3.05, 3.63) is 59.9 Å². The van der Waals surface area contributed by atoms with Gasteiger partial charge in [0, 0.05) is 25.0 Å². The Labute approximate surface area is 128 Å². The van der Waals surface area contributed by atoms with E-state index in [-0.39, 0.29) is 12.7 Å². The Morgan fingerprint density at radius 2 is 2.00 bits per heavy atom. The van der Waals surface area contributed by atoms with Crippen LogP contribution < -0.4 is 14.8 Å². The molecule has 2 heterocycles. The fourth-order valence-corrected chi connectivity index (χ4v) is 2.13. The molecule has 1 aromatic carbocycles. The molecule has 0 bridgehead atoms. The summed E-state index contributed by atoms with van der Waals surface area (Å²) in [6.07, 6.45) is 7.41. The first-order valence-corrected chi connectivity index (χ1v) is 7.06. The summed E-state index contributed by atoms with van der Waals surface area (Å²) < 4.78 is 10.6. The van der Waals surface area contributed by atoms with Crippen LogP contribution in [-0.2, 0) is 11.2 Å². The maximum atomic E-state index is 11.7. The van der Waals surface area contributed by atoms with E-state index in [1.165, 1.54) is 6.08 Å². The van der Waals surface area contributed by atoms with E-state index in [4.69, 9.17) is 9.47 Å². The second kappa shape index (κ2) is 6.76. The molecule has 0 fully saturated rings. The van der Waals surface area contributed by atoms with Gasteiger partial charge in [-0.1, -0.05) is 6.07 Å². The Hall–Kier alpha value is -2.82. The number of hydrogen-bond acceptors (Lipinski definition) is 4. The third-order valence-electron chi connectivity index (χ3n) is 3.28. The summed E-state index contributed by atoms with van der Waals surface area (Å²) in [5, 5.41) is 2.86. The molecular weight excluding hydrogens is 280 g/mol. The molecule has 5 heteroatoms. The molecular formula is C17H16N2O3. The molecule has 1 N–H and O–H groups in total. The number of hydrogen-bond donors (Lipinski definition) is 1. The van der Waals surface area contributed by atoms with Gasteiger partial charge in [0.1, 0.15) is 0 Å². The minimum atomic E-state index is -0.113. The quantitative estimate of drug-likeness (QED) is 0.859. The molecule has 2 aromatic rings. The van der Waals surface area contributed by atoms with Crippen molar-refractivity contribution < 1.29 is 14.3 Å². The van der Waals surface area contributed by atoms with Crippen LogP contribution in [0.25, 0.3) is 6.08 Å². The van der Waals surface area contributed by atoms with E-state index in [1.807, 2.05) is 30.3 Å². The number of benzene rings is 1. The van der Waals surface area contributed by atoms with Crippen molar-refractivity contribution in [3.63, 3.8) is 0 Å². The Balaban J connectivity index is 1.46. The van der Waals surface area contributed by atoms with E-state index in [2.05, 4.69) is 10.3 Å². The number of pyridine rings is 1. The largest absolute Gasteiger partial charge is 0.454 e. The van der Waals surface area contributed by atoms with Crippen LogP contribution in [0.15, 0.2) is 48.8 Å². The van der Waals surface area contributed by atoms with E-state index in [9.17, 15) is 4.79 Å². The number of fused-ring (bicyclic) bond motifs is 1. The molecule has 112 valence electrons. The van der Waals surface area contributed by atoms with Crippen molar-refractivity contribution in [1.82, 2.24) is 10.3 Å². The summed E-state index contributed by atoms with van der Waals surface area (Å²) in [6.45, 7) is 0.842. The molecule has 0 unspecified atom stereocenters. The number of rotatable bonds is 5.